The van der Waals surface area contributed by atoms with Gasteiger partial charge in [-0.2, -0.15) is 10.2 Å². The molecule has 0 saturated heterocycles. The molecule has 172 valence electrons. The summed E-state index contributed by atoms with van der Waals surface area (Å²) in [6.07, 6.45) is 2.32. The Hall–Kier alpha value is -4.84. The van der Waals surface area contributed by atoms with Crippen molar-refractivity contribution >= 4 is 18.0 Å². The van der Waals surface area contributed by atoms with Crippen molar-refractivity contribution in [3.63, 3.8) is 0 Å². The third-order valence-corrected chi connectivity index (χ3v) is 5.84. The lowest BCUT2D eigenvalue weighted by molar-refractivity contribution is 0.0996. The molecule has 0 fully saturated rings. The number of carbonyl (C=O) groups is 2. The maximum absolute atomic E-state index is 13.2. The highest BCUT2D eigenvalue weighted by atomic mass is 16.5. The highest BCUT2D eigenvalue weighted by molar-refractivity contribution is 6.10. The topological polar surface area (TPSA) is 114 Å². The van der Waals surface area contributed by atoms with E-state index in [1.807, 2.05) is 26.1 Å². The van der Waals surface area contributed by atoms with Gasteiger partial charge in [0.2, 0.25) is 5.88 Å². The number of benzene rings is 2. The minimum absolute atomic E-state index is 0.232. The number of rotatable bonds is 6. The lowest BCUT2D eigenvalue weighted by Gasteiger charge is -2.18. The summed E-state index contributed by atoms with van der Waals surface area (Å²) in [6, 6.07) is 16.2. The number of nitriles is 1. The fourth-order valence-electron chi connectivity index (χ4n) is 4.16. The number of aldehydes is 1. The summed E-state index contributed by atoms with van der Waals surface area (Å²) in [4.78, 5) is 30.6. The predicted molar refractivity (Wildman–Crippen MR) is 128 cm³/mol. The first-order chi connectivity index (χ1) is 17.0. The Morgan fingerprint density at radius 1 is 1.11 bits per heavy atom. The molecule has 0 unspecified atom stereocenters. The molecule has 0 N–H and O–H groups in total. The number of pyridine rings is 1. The van der Waals surface area contributed by atoms with E-state index in [0.717, 1.165) is 28.5 Å². The molecule has 0 aliphatic carbocycles. The number of anilines is 1. The van der Waals surface area contributed by atoms with Gasteiger partial charge in [-0.25, -0.2) is 0 Å². The molecular formula is C26H20N6O3. The van der Waals surface area contributed by atoms with E-state index in [4.69, 9.17) is 4.74 Å². The van der Waals surface area contributed by atoms with Crippen LogP contribution in [-0.2, 0) is 13.6 Å². The first kappa shape index (κ1) is 22.0. The van der Waals surface area contributed by atoms with Crippen molar-refractivity contribution < 1.29 is 14.3 Å². The summed E-state index contributed by atoms with van der Waals surface area (Å²) in [7, 11) is 1.83. The molecule has 9 nitrogen and oxygen atoms in total. The van der Waals surface area contributed by atoms with Crippen molar-refractivity contribution in [3.05, 3.63) is 77.1 Å². The third kappa shape index (κ3) is 3.91. The molecule has 1 aliphatic rings. The van der Waals surface area contributed by atoms with E-state index >= 15 is 0 Å². The van der Waals surface area contributed by atoms with Gasteiger partial charge in [0.25, 0.3) is 5.91 Å². The second-order valence-electron chi connectivity index (χ2n) is 8.05. The minimum atomic E-state index is -0.232. The van der Waals surface area contributed by atoms with Crippen LogP contribution in [-0.4, -0.2) is 38.5 Å². The van der Waals surface area contributed by atoms with Gasteiger partial charge in [-0.15, -0.1) is 10.2 Å². The van der Waals surface area contributed by atoms with Gasteiger partial charge in [0, 0.05) is 29.8 Å². The number of nitrogens with zero attached hydrogens (tertiary/aromatic N) is 6. The van der Waals surface area contributed by atoms with E-state index in [9.17, 15) is 14.9 Å². The van der Waals surface area contributed by atoms with E-state index in [2.05, 4.69) is 21.3 Å². The summed E-state index contributed by atoms with van der Waals surface area (Å²) in [5.41, 5.74) is 4.50. The van der Waals surface area contributed by atoms with Crippen molar-refractivity contribution in [3.8, 4) is 34.5 Å². The van der Waals surface area contributed by atoms with E-state index in [0.29, 0.717) is 47.4 Å². The molecule has 2 aromatic carbocycles. The largest absolute Gasteiger partial charge is 0.478 e. The van der Waals surface area contributed by atoms with Crippen LogP contribution in [0.15, 0.2) is 54.9 Å². The van der Waals surface area contributed by atoms with Crippen LogP contribution in [0, 0.1) is 11.3 Å². The Morgan fingerprint density at radius 3 is 2.69 bits per heavy atom. The molecular weight excluding hydrogens is 444 g/mol. The zero-order chi connectivity index (χ0) is 24.5. The van der Waals surface area contributed by atoms with Crippen molar-refractivity contribution in [2.45, 2.75) is 13.5 Å². The molecule has 35 heavy (non-hydrogen) atoms. The third-order valence-electron chi connectivity index (χ3n) is 5.84. The predicted octanol–water partition coefficient (Wildman–Crippen LogP) is 3.79. The second kappa shape index (κ2) is 8.83. The Bertz CT molecular complexity index is 1520. The van der Waals surface area contributed by atoms with Gasteiger partial charge in [-0.05, 0) is 47.9 Å². The first-order valence-electron chi connectivity index (χ1n) is 11.0. The minimum Gasteiger partial charge on any atom is -0.478 e. The van der Waals surface area contributed by atoms with Crippen molar-refractivity contribution in [2.24, 2.45) is 7.05 Å². The van der Waals surface area contributed by atoms with Gasteiger partial charge in [0.15, 0.2) is 5.82 Å². The van der Waals surface area contributed by atoms with Gasteiger partial charge in [-0.1, -0.05) is 18.2 Å². The van der Waals surface area contributed by atoms with E-state index in [-0.39, 0.29) is 5.91 Å². The number of aromatic nitrogens is 4. The number of fused-ring (bicyclic) bond motifs is 1. The van der Waals surface area contributed by atoms with Gasteiger partial charge in [0.05, 0.1) is 24.8 Å². The lowest BCUT2D eigenvalue weighted by atomic mass is 9.97. The van der Waals surface area contributed by atoms with Crippen molar-refractivity contribution in [1.29, 1.82) is 5.26 Å². The van der Waals surface area contributed by atoms with Gasteiger partial charge >= 0.3 is 0 Å². The number of aryl methyl sites for hydroxylation is 1. The zero-order valence-electron chi connectivity index (χ0n) is 19.1. The molecule has 9 heteroatoms. The quantitative estimate of drug-likeness (QED) is 0.399. The molecule has 1 amide bonds. The molecule has 1 aliphatic heterocycles. The fraction of sp³-hybridized carbons (Fsp3) is 0.154. The summed E-state index contributed by atoms with van der Waals surface area (Å²) in [5.74, 6) is 1.15. The number of hydrogen-bond donors (Lipinski definition) is 0. The average Bonchev–Trinajstić information content (AvgIpc) is 3.46. The molecule has 3 heterocycles. The SMILES string of the molecule is CCOc1cc(-c2ccc(C#N)cc2-c2nncn2C)cc(N2Cc3ccc(C=O)cc3C2=O)n1. The molecule has 2 aromatic heterocycles. The van der Waals surface area contributed by atoms with Crippen LogP contribution in [0.5, 0.6) is 5.88 Å². The molecule has 0 bridgehead atoms. The number of ether oxygens (including phenoxy) is 1. The standard InChI is InChI=1S/C26H20N6O3/c1-3-35-24-11-19(20-7-5-16(12-27)8-22(20)25-30-28-15-31(25)2)10-23(29-24)32-13-18-6-4-17(14-33)9-21(18)26(32)34/h4-11,14-15H,3,13H2,1-2H3. The number of carbonyl (C=O) groups excluding carboxylic acids is 2. The first-order valence-corrected chi connectivity index (χ1v) is 11.0. The van der Waals surface area contributed by atoms with Crippen LogP contribution < -0.4 is 9.64 Å². The van der Waals surface area contributed by atoms with Crippen LogP contribution in [0.3, 0.4) is 0 Å². The van der Waals surface area contributed by atoms with Crippen molar-refractivity contribution in [2.75, 3.05) is 11.5 Å². The zero-order valence-corrected chi connectivity index (χ0v) is 19.1. The highest BCUT2D eigenvalue weighted by Crippen LogP contribution is 2.37. The smallest absolute Gasteiger partial charge is 0.260 e. The Balaban J connectivity index is 1.65. The summed E-state index contributed by atoms with van der Waals surface area (Å²) < 4.78 is 7.51. The van der Waals surface area contributed by atoms with E-state index in [1.54, 1.807) is 52.2 Å². The maximum Gasteiger partial charge on any atom is 0.260 e. The summed E-state index contributed by atoms with van der Waals surface area (Å²) in [6.45, 7) is 2.59. The maximum atomic E-state index is 13.2. The van der Waals surface area contributed by atoms with E-state index in [1.165, 1.54) is 0 Å². The van der Waals surface area contributed by atoms with Gasteiger partial charge in [-0.3, -0.25) is 14.5 Å². The second-order valence-corrected chi connectivity index (χ2v) is 8.05. The Kier molecular flexibility index (Phi) is 5.55. The Labute approximate surface area is 201 Å². The lowest BCUT2D eigenvalue weighted by Crippen LogP contribution is -2.24. The van der Waals surface area contributed by atoms with E-state index < -0.39 is 0 Å². The summed E-state index contributed by atoms with van der Waals surface area (Å²) in [5, 5.41) is 17.7. The molecule has 0 radical (unpaired) electrons. The number of hydrogen-bond acceptors (Lipinski definition) is 7. The van der Waals surface area contributed by atoms with Crippen LogP contribution in [0.2, 0.25) is 0 Å². The highest BCUT2D eigenvalue weighted by Gasteiger charge is 2.30. The van der Waals surface area contributed by atoms with Crippen LogP contribution in [0.25, 0.3) is 22.5 Å². The molecule has 5 rings (SSSR count). The van der Waals surface area contributed by atoms with Crippen molar-refractivity contribution in [1.82, 2.24) is 19.7 Å². The molecule has 4 aromatic rings. The van der Waals surface area contributed by atoms with Gasteiger partial charge < -0.3 is 9.30 Å². The monoisotopic (exact) mass is 464 g/mol. The van der Waals surface area contributed by atoms with Crippen LogP contribution in [0.1, 0.15) is 38.8 Å². The Morgan fingerprint density at radius 2 is 1.97 bits per heavy atom. The molecule has 0 atom stereocenters. The fourth-order valence-corrected chi connectivity index (χ4v) is 4.16. The molecule has 0 spiro atoms. The van der Waals surface area contributed by atoms with Crippen LogP contribution >= 0.6 is 0 Å². The normalized spacial score (nSPS) is 12.4. The van der Waals surface area contributed by atoms with Crippen LogP contribution in [0.4, 0.5) is 5.82 Å². The average molecular weight is 464 g/mol. The van der Waals surface area contributed by atoms with Gasteiger partial charge in [0.1, 0.15) is 18.4 Å². The molecule has 0 saturated carbocycles. The number of amides is 1. The summed E-state index contributed by atoms with van der Waals surface area (Å²) >= 11 is 0.